The normalized spacial score (nSPS) is 16.0. The van der Waals surface area contributed by atoms with Gasteiger partial charge in [0, 0.05) is 38.7 Å². The van der Waals surface area contributed by atoms with Crippen LogP contribution in [0.5, 0.6) is 0 Å². The first-order valence-corrected chi connectivity index (χ1v) is 10.8. The highest BCUT2D eigenvalue weighted by molar-refractivity contribution is 9.10. The molecule has 0 radical (unpaired) electrons. The highest BCUT2D eigenvalue weighted by Gasteiger charge is 2.23. The number of amides is 2. The Hall–Kier alpha value is -2.49. The van der Waals surface area contributed by atoms with Crippen molar-refractivity contribution < 1.29 is 14.3 Å². The minimum Gasteiger partial charge on any atom is -0.368 e. The van der Waals surface area contributed by atoms with Gasteiger partial charge in [-0.3, -0.25) is 9.59 Å². The number of nitrogens with zero attached hydrogens (tertiary/aromatic N) is 2. The molecular formula is C20H19BrN4O3S. The molecule has 2 amide bonds. The van der Waals surface area contributed by atoms with Crippen LogP contribution in [-0.2, 0) is 16.1 Å². The molecule has 0 aliphatic carbocycles. The Labute approximate surface area is 180 Å². The Balaban J connectivity index is 1.42. The van der Waals surface area contributed by atoms with Crippen LogP contribution in [-0.4, -0.2) is 34.3 Å². The van der Waals surface area contributed by atoms with E-state index in [1.807, 2.05) is 11.4 Å². The van der Waals surface area contributed by atoms with Gasteiger partial charge < -0.3 is 15.4 Å². The van der Waals surface area contributed by atoms with Crippen molar-refractivity contribution in [2.75, 3.05) is 17.2 Å². The molecule has 1 unspecified atom stereocenters. The van der Waals surface area contributed by atoms with Crippen LogP contribution in [0, 0.1) is 0 Å². The van der Waals surface area contributed by atoms with Crippen molar-refractivity contribution in [3.8, 4) is 0 Å². The number of halogens is 1. The second kappa shape index (κ2) is 8.89. The van der Waals surface area contributed by atoms with Crippen molar-refractivity contribution in [1.29, 1.82) is 0 Å². The Morgan fingerprint density at radius 1 is 1.28 bits per heavy atom. The maximum Gasteiger partial charge on any atom is 0.256 e. The first-order valence-electron chi connectivity index (χ1n) is 9.17. The summed E-state index contributed by atoms with van der Waals surface area (Å²) in [4.78, 5) is 26.1. The first kappa shape index (κ1) is 19.8. The lowest BCUT2D eigenvalue weighted by atomic mass is 10.1. The summed E-state index contributed by atoms with van der Waals surface area (Å²) in [5.41, 5.74) is 1.01. The van der Waals surface area contributed by atoms with Crippen LogP contribution in [0.15, 0.2) is 52.4 Å². The number of carbonyl (C=O) groups excluding carboxylic acids is 2. The third-order valence-electron chi connectivity index (χ3n) is 4.50. The number of thiophene rings is 1. The molecule has 3 heterocycles. The molecule has 1 aliphatic heterocycles. The largest absolute Gasteiger partial charge is 0.368 e. The number of benzene rings is 1. The van der Waals surface area contributed by atoms with Gasteiger partial charge in [0.25, 0.3) is 11.8 Å². The third kappa shape index (κ3) is 4.92. The van der Waals surface area contributed by atoms with Gasteiger partial charge in [-0.25, -0.2) is 4.68 Å². The molecule has 1 saturated heterocycles. The maximum absolute atomic E-state index is 12.7. The van der Waals surface area contributed by atoms with Gasteiger partial charge in [-0.2, -0.15) is 5.10 Å². The summed E-state index contributed by atoms with van der Waals surface area (Å²) in [5.74, 6) is 0.154. The number of rotatable bonds is 6. The van der Waals surface area contributed by atoms with Crippen LogP contribution in [0.1, 0.15) is 28.1 Å². The highest BCUT2D eigenvalue weighted by Crippen LogP contribution is 2.22. The van der Waals surface area contributed by atoms with E-state index in [1.54, 1.807) is 52.5 Å². The van der Waals surface area contributed by atoms with Crippen molar-refractivity contribution in [3.05, 3.63) is 62.9 Å². The van der Waals surface area contributed by atoms with E-state index in [9.17, 15) is 9.59 Å². The Morgan fingerprint density at radius 3 is 2.93 bits per heavy atom. The molecule has 7 nitrogen and oxygen atoms in total. The van der Waals surface area contributed by atoms with Gasteiger partial charge in [-0.1, -0.05) is 6.07 Å². The predicted molar refractivity (Wildman–Crippen MR) is 115 cm³/mol. The molecule has 0 bridgehead atoms. The lowest BCUT2D eigenvalue weighted by molar-refractivity contribution is -0.124. The van der Waals surface area contributed by atoms with Gasteiger partial charge in [0.2, 0.25) is 0 Å². The zero-order valence-electron chi connectivity index (χ0n) is 15.4. The summed E-state index contributed by atoms with van der Waals surface area (Å²) in [6.45, 7) is 1.17. The lowest BCUT2D eigenvalue weighted by Gasteiger charge is -2.12. The van der Waals surface area contributed by atoms with E-state index in [0.29, 0.717) is 30.2 Å². The van der Waals surface area contributed by atoms with E-state index in [2.05, 4.69) is 31.7 Å². The lowest BCUT2D eigenvalue weighted by Crippen LogP contribution is -2.27. The second-order valence-corrected chi connectivity index (χ2v) is 8.54. The SMILES string of the molecule is O=C(Nc1ccnn1Cc1cc(Br)cs1)c1cccc(NC(=O)C2CCCO2)c1. The minimum atomic E-state index is -0.417. The number of carbonyl (C=O) groups is 2. The van der Waals surface area contributed by atoms with Crippen LogP contribution in [0.2, 0.25) is 0 Å². The fourth-order valence-electron chi connectivity index (χ4n) is 3.08. The standard InChI is InChI=1S/C20H19BrN4O3S/c21-14-10-16(29-12-14)11-25-18(6-7-22-25)24-19(26)13-3-1-4-15(9-13)23-20(27)17-5-2-8-28-17/h1,3-4,6-7,9-10,12,17H,2,5,8,11H2,(H,23,27)(H,24,26). The Bertz CT molecular complexity index is 1030. The fraction of sp³-hybridized carbons (Fsp3) is 0.250. The van der Waals surface area contributed by atoms with Crippen molar-refractivity contribution >= 4 is 50.6 Å². The van der Waals surface area contributed by atoms with Crippen molar-refractivity contribution in [1.82, 2.24) is 9.78 Å². The summed E-state index contributed by atoms with van der Waals surface area (Å²) in [6.07, 6.45) is 2.84. The van der Waals surface area contributed by atoms with Crippen LogP contribution in [0.25, 0.3) is 0 Å². The summed E-state index contributed by atoms with van der Waals surface area (Å²) in [6, 6.07) is 10.6. The molecule has 1 fully saturated rings. The van der Waals surface area contributed by atoms with Gasteiger partial charge in [-0.05, 0) is 53.0 Å². The van der Waals surface area contributed by atoms with E-state index >= 15 is 0 Å². The maximum atomic E-state index is 12.7. The van der Waals surface area contributed by atoms with E-state index in [-0.39, 0.29) is 11.8 Å². The quantitative estimate of drug-likeness (QED) is 0.562. The molecule has 3 aromatic rings. The van der Waals surface area contributed by atoms with E-state index in [1.165, 1.54) is 0 Å². The average Bonchev–Trinajstić information content (AvgIpc) is 3.46. The van der Waals surface area contributed by atoms with Gasteiger partial charge in [0.05, 0.1) is 12.7 Å². The molecule has 0 spiro atoms. The topological polar surface area (TPSA) is 85.3 Å². The fourth-order valence-corrected chi connectivity index (χ4v) is 4.52. The summed E-state index contributed by atoms with van der Waals surface area (Å²) >= 11 is 5.06. The average molecular weight is 475 g/mol. The Kier molecular flexibility index (Phi) is 6.08. The zero-order valence-corrected chi connectivity index (χ0v) is 17.8. The van der Waals surface area contributed by atoms with Gasteiger partial charge in [0.15, 0.2) is 0 Å². The molecule has 1 aromatic carbocycles. The number of hydrogen-bond acceptors (Lipinski definition) is 5. The monoisotopic (exact) mass is 474 g/mol. The van der Waals surface area contributed by atoms with Crippen molar-refractivity contribution in [3.63, 3.8) is 0 Å². The number of anilines is 2. The summed E-state index contributed by atoms with van der Waals surface area (Å²) < 4.78 is 8.16. The highest BCUT2D eigenvalue weighted by atomic mass is 79.9. The number of ether oxygens (including phenoxy) is 1. The molecule has 1 atom stereocenters. The van der Waals surface area contributed by atoms with Crippen molar-refractivity contribution in [2.24, 2.45) is 0 Å². The summed E-state index contributed by atoms with van der Waals surface area (Å²) in [7, 11) is 0. The van der Waals surface area contributed by atoms with Gasteiger partial charge in [0.1, 0.15) is 11.9 Å². The first-order chi connectivity index (χ1) is 14.1. The molecule has 29 heavy (non-hydrogen) atoms. The van der Waals surface area contributed by atoms with Crippen LogP contribution < -0.4 is 10.6 Å². The Morgan fingerprint density at radius 2 is 2.17 bits per heavy atom. The molecule has 9 heteroatoms. The molecule has 1 aliphatic rings. The smallest absolute Gasteiger partial charge is 0.256 e. The van der Waals surface area contributed by atoms with Gasteiger partial charge >= 0.3 is 0 Å². The van der Waals surface area contributed by atoms with Crippen LogP contribution in [0.4, 0.5) is 11.5 Å². The third-order valence-corrected chi connectivity index (χ3v) is 6.18. The molecule has 2 N–H and O–H groups in total. The van der Waals surface area contributed by atoms with E-state index in [4.69, 9.17) is 4.74 Å². The number of aromatic nitrogens is 2. The van der Waals surface area contributed by atoms with Crippen LogP contribution >= 0.6 is 27.3 Å². The molecule has 0 saturated carbocycles. The van der Waals surface area contributed by atoms with Gasteiger partial charge in [-0.15, -0.1) is 11.3 Å². The molecule has 150 valence electrons. The number of nitrogens with one attached hydrogen (secondary N) is 2. The van der Waals surface area contributed by atoms with E-state index in [0.717, 1.165) is 22.2 Å². The van der Waals surface area contributed by atoms with E-state index < -0.39 is 6.10 Å². The molecule has 2 aromatic heterocycles. The second-order valence-electron chi connectivity index (χ2n) is 6.63. The zero-order chi connectivity index (χ0) is 20.2. The van der Waals surface area contributed by atoms with Crippen LogP contribution in [0.3, 0.4) is 0 Å². The summed E-state index contributed by atoms with van der Waals surface area (Å²) in [5, 5.41) is 12.0. The predicted octanol–water partition coefficient (Wildman–Crippen LogP) is 4.13. The molecule has 4 rings (SSSR count). The number of hydrogen-bond donors (Lipinski definition) is 2. The minimum absolute atomic E-state index is 0.180. The van der Waals surface area contributed by atoms with Crippen molar-refractivity contribution in [2.45, 2.75) is 25.5 Å². The molecular weight excluding hydrogens is 456 g/mol.